The molecule has 0 aromatic heterocycles. The van der Waals surface area contributed by atoms with E-state index in [1.165, 1.54) is 6.08 Å². The number of hydrogen-bond donors (Lipinski definition) is 0. The molecule has 76 valence electrons. The largest absolute Gasteiger partial charge is 0.271 e. The average molecular weight is 202 g/mol. The number of nitrogens with zero attached hydrogens (tertiary/aromatic N) is 2. The molecule has 1 rings (SSSR count). The van der Waals surface area contributed by atoms with Crippen molar-refractivity contribution in [1.29, 1.82) is 5.26 Å². The first-order valence-corrected chi connectivity index (χ1v) is 4.32. The second-order valence-corrected chi connectivity index (χ2v) is 3.10. The second-order valence-electron chi connectivity index (χ2n) is 3.10. The highest BCUT2D eigenvalue weighted by Crippen LogP contribution is 2.23. The van der Waals surface area contributed by atoms with Gasteiger partial charge in [-0.1, -0.05) is 12.7 Å². The molecule has 0 saturated carbocycles. The third-order valence-corrected chi connectivity index (χ3v) is 2.21. The van der Waals surface area contributed by atoms with Crippen LogP contribution in [0.25, 0.3) is 0 Å². The zero-order chi connectivity index (χ0) is 11.6. The van der Waals surface area contributed by atoms with E-state index >= 15 is 0 Å². The lowest BCUT2D eigenvalue weighted by molar-refractivity contribution is -0.139. The molecule has 0 radical (unpaired) electrons. The lowest BCUT2D eigenvalue weighted by atomic mass is 9.97. The molecule has 4 nitrogen and oxygen atoms in total. The summed E-state index contributed by atoms with van der Waals surface area (Å²) in [5, 5.41) is 8.79. The molecule has 15 heavy (non-hydrogen) atoms. The van der Waals surface area contributed by atoms with Gasteiger partial charge in [0.15, 0.2) is 0 Å². The molecule has 1 aliphatic rings. The van der Waals surface area contributed by atoms with Crippen molar-refractivity contribution in [3.8, 4) is 6.07 Å². The van der Waals surface area contributed by atoms with Gasteiger partial charge in [0.1, 0.15) is 11.6 Å². The predicted octanol–water partition coefficient (Wildman–Crippen LogP) is 0.937. The highest BCUT2D eigenvalue weighted by molar-refractivity contribution is 6.17. The minimum Gasteiger partial charge on any atom is -0.270 e. The Kier molecular flexibility index (Phi) is 2.86. The summed E-state index contributed by atoms with van der Waals surface area (Å²) in [5.74, 6) is -1.04. The van der Waals surface area contributed by atoms with Crippen LogP contribution < -0.4 is 0 Å². The fraction of sp³-hybridized carbons (Fsp3) is 0.182. The zero-order valence-corrected chi connectivity index (χ0v) is 8.41. The van der Waals surface area contributed by atoms with Gasteiger partial charge in [-0.2, -0.15) is 5.26 Å². The van der Waals surface area contributed by atoms with Crippen molar-refractivity contribution < 1.29 is 9.59 Å². The van der Waals surface area contributed by atoms with E-state index in [2.05, 4.69) is 13.2 Å². The Morgan fingerprint density at radius 2 is 2.07 bits per heavy atom. The molecule has 0 aromatic rings. The molecule has 0 N–H and O–H groups in total. The highest BCUT2D eigenvalue weighted by Gasteiger charge is 2.33. The second kappa shape index (κ2) is 3.93. The van der Waals surface area contributed by atoms with Crippen LogP contribution in [0.2, 0.25) is 0 Å². The van der Waals surface area contributed by atoms with Crippen molar-refractivity contribution in [3.05, 3.63) is 36.0 Å². The Morgan fingerprint density at radius 1 is 1.47 bits per heavy atom. The van der Waals surface area contributed by atoms with Gasteiger partial charge >= 0.3 is 0 Å². The summed E-state index contributed by atoms with van der Waals surface area (Å²) < 4.78 is 0. The summed E-state index contributed by atoms with van der Waals surface area (Å²) in [6.45, 7) is 8.63. The van der Waals surface area contributed by atoms with Gasteiger partial charge in [-0.25, -0.2) is 0 Å². The third-order valence-electron chi connectivity index (χ3n) is 2.21. The number of carbonyl (C=O) groups is 2. The van der Waals surface area contributed by atoms with Crippen LogP contribution in [0.5, 0.6) is 0 Å². The number of carbonyl (C=O) groups excluding carboxylic acids is 2. The van der Waals surface area contributed by atoms with Gasteiger partial charge in [0.2, 0.25) is 0 Å². The molecule has 1 heterocycles. The molecule has 0 aromatic carbocycles. The Bertz CT molecular complexity index is 438. The van der Waals surface area contributed by atoms with Crippen LogP contribution in [0.15, 0.2) is 36.0 Å². The highest BCUT2D eigenvalue weighted by atomic mass is 16.2. The molecular formula is C11H10N2O2. The van der Waals surface area contributed by atoms with E-state index in [1.807, 2.05) is 0 Å². The topological polar surface area (TPSA) is 61.2 Å². The van der Waals surface area contributed by atoms with Gasteiger partial charge in [0.25, 0.3) is 11.8 Å². The molecule has 0 spiro atoms. The summed E-state index contributed by atoms with van der Waals surface area (Å²) in [7, 11) is 0. The fourth-order valence-corrected chi connectivity index (χ4v) is 1.29. The Morgan fingerprint density at radius 3 is 2.53 bits per heavy atom. The van der Waals surface area contributed by atoms with Gasteiger partial charge in [0, 0.05) is 12.1 Å². The average Bonchev–Trinajstić information content (AvgIpc) is 2.22. The van der Waals surface area contributed by atoms with Crippen molar-refractivity contribution in [1.82, 2.24) is 4.90 Å². The minimum absolute atomic E-state index is 0.0264. The summed E-state index contributed by atoms with van der Waals surface area (Å²) in [6.07, 6.45) is 1.43. The first-order valence-electron chi connectivity index (χ1n) is 4.32. The van der Waals surface area contributed by atoms with E-state index in [4.69, 9.17) is 5.26 Å². The van der Waals surface area contributed by atoms with Crippen LogP contribution in [0, 0.1) is 11.3 Å². The number of amides is 2. The lowest BCUT2D eigenvalue weighted by Gasteiger charge is -2.25. The van der Waals surface area contributed by atoms with Gasteiger partial charge in [-0.05, 0) is 12.5 Å². The Hall–Kier alpha value is -2.15. The summed E-state index contributed by atoms with van der Waals surface area (Å²) in [6, 6.07) is 1.78. The van der Waals surface area contributed by atoms with E-state index in [-0.39, 0.29) is 17.7 Å². The van der Waals surface area contributed by atoms with Crippen LogP contribution >= 0.6 is 0 Å². The molecule has 0 saturated heterocycles. The van der Waals surface area contributed by atoms with Crippen molar-refractivity contribution in [2.24, 2.45) is 0 Å². The molecule has 1 aliphatic heterocycles. The van der Waals surface area contributed by atoms with Crippen molar-refractivity contribution in [2.75, 3.05) is 6.54 Å². The maximum absolute atomic E-state index is 11.6. The SMILES string of the molecule is C=CCN1C(=O)C(=C)C(C)=C(C#N)C1=O. The number of rotatable bonds is 2. The molecule has 2 amide bonds. The lowest BCUT2D eigenvalue weighted by Crippen LogP contribution is -2.42. The Labute approximate surface area is 87.8 Å². The molecule has 4 heteroatoms. The van der Waals surface area contributed by atoms with Crippen molar-refractivity contribution in [2.45, 2.75) is 6.92 Å². The van der Waals surface area contributed by atoms with Crippen molar-refractivity contribution >= 4 is 11.8 Å². The standard InChI is InChI=1S/C11H10N2O2/c1-4-5-13-10(14)8(3)7(2)9(6-12)11(13)15/h4H,1,3,5H2,2H3. The normalized spacial score (nSPS) is 16.8. The third kappa shape index (κ3) is 1.59. The minimum atomic E-state index is -0.577. The smallest absolute Gasteiger partial charge is 0.270 e. The quantitative estimate of drug-likeness (QED) is 0.380. The van der Waals surface area contributed by atoms with Crippen LogP contribution in [0.3, 0.4) is 0 Å². The van der Waals surface area contributed by atoms with Gasteiger partial charge in [0.05, 0.1) is 0 Å². The van der Waals surface area contributed by atoms with Crippen LogP contribution in [-0.4, -0.2) is 23.3 Å². The zero-order valence-electron chi connectivity index (χ0n) is 8.41. The summed E-state index contributed by atoms with van der Waals surface area (Å²) in [4.78, 5) is 24.2. The van der Waals surface area contributed by atoms with Crippen LogP contribution in [0.4, 0.5) is 0 Å². The van der Waals surface area contributed by atoms with E-state index in [0.29, 0.717) is 5.57 Å². The summed E-state index contributed by atoms with van der Waals surface area (Å²) >= 11 is 0. The summed E-state index contributed by atoms with van der Waals surface area (Å²) in [5.41, 5.74) is 0.516. The van der Waals surface area contributed by atoms with E-state index in [1.54, 1.807) is 13.0 Å². The maximum Gasteiger partial charge on any atom is 0.271 e. The molecule has 0 aliphatic carbocycles. The number of hydrogen-bond acceptors (Lipinski definition) is 3. The van der Waals surface area contributed by atoms with E-state index in [0.717, 1.165) is 4.90 Å². The Balaban J connectivity index is 3.28. The monoisotopic (exact) mass is 202 g/mol. The number of imide groups is 1. The molecule has 0 fully saturated rings. The van der Waals surface area contributed by atoms with Gasteiger partial charge < -0.3 is 0 Å². The maximum atomic E-state index is 11.6. The van der Waals surface area contributed by atoms with Crippen LogP contribution in [0.1, 0.15) is 6.92 Å². The van der Waals surface area contributed by atoms with E-state index < -0.39 is 11.8 Å². The van der Waals surface area contributed by atoms with Gasteiger partial charge in [-0.3, -0.25) is 14.5 Å². The molecule has 0 atom stereocenters. The first kappa shape index (κ1) is 10.9. The fourth-order valence-electron chi connectivity index (χ4n) is 1.29. The van der Waals surface area contributed by atoms with E-state index in [9.17, 15) is 9.59 Å². The predicted molar refractivity (Wildman–Crippen MR) is 54.4 cm³/mol. The molecule has 0 bridgehead atoms. The molecular weight excluding hydrogens is 192 g/mol. The number of nitriles is 1. The van der Waals surface area contributed by atoms with Crippen LogP contribution in [-0.2, 0) is 9.59 Å². The van der Waals surface area contributed by atoms with Gasteiger partial charge in [-0.15, -0.1) is 6.58 Å². The van der Waals surface area contributed by atoms with Crippen molar-refractivity contribution in [3.63, 3.8) is 0 Å². The first-order chi connectivity index (χ1) is 7.04. The molecule has 0 unspecified atom stereocenters.